The van der Waals surface area contributed by atoms with Gasteiger partial charge in [-0.3, -0.25) is 14.4 Å². The average Bonchev–Trinajstić information content (AvgIpc) is 2.52. The molecule has 2 unspecified atom stereocenters. The molecule has 0 saturated heterocycles. The molecule has 0 aliphatic rings. The van der Waals surface area contributed by atoms with E-state index in [0.29, 0.717) is 5.56 Å². The van der Waals surface area contributed by atoms with Crippen LogP contribution in [0, 0.1) is 16.7 Å². The topological polar surface area (TPSA) is 129 Å². The van der Waals surface area contributed by atoms with Crippen molar-refractivity contribution < 1.29 is 27.6 Å². The third-order valence-electron chi connectivity index (χ3n) is 5.26. The number of hydrogen-bond acceptors (Lipinski definition) is 3. The Labute approximate surface area is 168 Å². The van der Waals surface area contributed by atoms with E-state index in [1.807, 2.05) is 0 Å². The first-order chi connectivity index (χ1) is 13.1. The summed E-state index contributed by atoms with van der Waals surface area (Å²) in [5.41, 5.74) is 13.5. The number of benzene rings is 1. The van der Waals surface area contributed by atoms with Gasteiger partial charge in [0.05, 0.1) is 16.9 Å². The summed E-state index contributed by atoms with van der Waals surface area (Å²) in [6.07, 6.45) is -4.89. The van der Waals surface area contributed by atoms with Crippen LogP contribution in [0.25, 0.3) is 0 Å². The summed E-state index contributed by atoms with van der Waals surface area (Å²) < 4.78 is 38.8. The minimum Gasteiger partial charge on any atom is -0.370 e. The van der Waals surface area contributed by atoms with Gasteiger partial charge in [-0.2, -0.15) is 13.2 Å². The zero-order chi connectivity index (χ0) is 22.8. The molecule has 6 N–H and O–H groups in total. The second kappa shape index (κ2) is 8.42. The van der Waals surface area contributed by atoms with Crippen LogP contribution in [0.2, 0.25) is 0 Å². The minimum atomic E-state index is -4.53. The highest BCUT2D eigenvalue weighted by Gasteiger charge is 2.57. The molecule has 1 rings (SSSR count). The summed E-state index contributed by atoms with van der Waals surface area (Å²) in [4.78, 5) is 37.1. The fourth-order valence-electron chi connectivity index (χ4n) is 4.37. The molecule has 0 aliphatic carbocycles. The van der Waals surface area contributed by atoms with Crippen LogP contribution < -0.4 is 17.2 Å². The lowest BCUT2D eigenvalue weighted by molar-refractivity contribution is -0.150. The van der Waals surface area contributed by atoms with E-state index >= 15 is 0 Å². The number of nitrogens with two attached hydrogens (primary N) is 3. The Balaban J connectivity index is 3.79. The summed E-state index contributed by atoms with van der Waals surface area (Å²) in [6.45, 7) is 6.68. The van der Waals surface area contributed by atoms with Crippen LogP contribution >= 0.6 is 0 Å². The lowest BCUT2D eigenvalue weighted by Crippen LogP contribution is -2.57. The molecule has 1 aromatic carbocycles. The highest BCUT2D eigenvalue weighted by Crippen LogP contribution is 2.52. The normalized spacial score (nSPS) is 16.5. The first-order valence-electron chi connectivity index (χ1n) is 9.13. The van der Waals surface area contributed by atoms with E-state index in [0.717, 1.165) is 12.1 Å². The van der Waals surface area contributed by atoms with Crippen molar-refractivity contribution in [1.82, 2.24) is 0 Å². The SMILES string of the molecule is CC[C@H](c1ccc(C(F)(F)F)cc1)C(CC(N)=O)(C(N)=O)C(C(N)=O)C(C)(C)C. The van der Waals surface area contributed by atoms with Gasteiger partial charge in [0.2, 0.25) is 17.7 Å². The van der Waals surface area contributed by atoms with Crippen molar-refractivity contribution in [2.24, 2.45) is 33.9 Å². The van der Waals surface area contributed by atoms with E-state index in [-0.39, 0.29) is 6.42 Å². The third-order valence-corrected chi connectivity index (χ3v) is 5.26. The number of halogens is 3. The number of rotatable bonds is 8. The van der Waals surface area contributed by atoms with Crippen LogP contribution in [0.1, 0.15) is 57.6 Å². The standard InChI is InChI=1S/C20H28F3N3O3/c1-5-13(11-6-8-12(9-7-11)20(21,22)23)19(17(26)29,10-14(24)27)15(16(25)28)18(2,3)4/h6-9,13,15H,5,10H2,1-4H3,(H2,24,27)(H2,25,28)(H2,26,29)/t13-,15?,19?/m1/s1. The molecule has 9 heteroatoms. The molecular formula is C20H28F3N3O3. The molecule has 29 heavy (non-hydrogen) atoms. The predicted molar refractivity (Wildman–Crippen MR) is 102 cm³/mol. The van der Waals surface area contributed by atoms with Crippen LogP contribution in [-0.2, 0) is 20.6 Å². The fraction of sp³-hybridized carbons (Fsp3) is 0.550. The Kier molecular flexibility index (Phi) is 7.10. The highest BCUT2D eigenvalue weighted by atomic mass is 19.4. The number of carbonyl (C=O) groups is 3. The zero-order valence-electron chi connectivity index (χ0n) is 17.0. The molecule has 0 fully saturated rings. The Morgan fingerprint density at radius 3 is 1.72 bits per heavy atom. The van der Waals surface area contributed by atoms with Crippen molar-refractivity contribution in [3.8, 4) is 0 Å². The average molecular weight is 415 g/mol. The third kappa shape index (κ3) is 5.07. The van der Waals surface area contributed by atoms with Crippen LogP contribution in [0.4, 0.5) is 13.2 Å². The lowest BCUT2D eigenvalue weighted by atomic mass is 9.54. The first-order valence-corrected chi connectivity index (χ1v) is 9.13. The van der Waals surface area contributed by atoms with Gasteiger partial charge in [-0.25, -0.2) is 0 Å². The van der Waals surface area contributed by atoms with Crippen molar-refractivity contribution in [1.29, 1.82) is 0 Å². The molecule has 6 nitrogen and oxygen atoms in total. The Morgan fingerprint density at radius 2 is 1.45 bits per heavy atom. The molecule has 0 heterocycles. The quantitative estimate of drug-likeness (QED) is 0.603. The van der Waals surface area contributed by atoms with Gasteiger partial charge >= 0.3 is 6.18 Å². The maximum Gasteiger partial charge on any atom is 0.416 e. The van der Waals surface area contributed by atoms with Gasteiger partial charge in [-0.15, -0.1) is 0 Å². The number of primary amides is 3. The molecular weight excluding hydrogens is 387 g/mol. The number of carbonyl (C=O) groups excluding carboxylic acids is 3. The molecule has 0 saturated carbocycles. The van der Waals surface area contributed by atoms with Gasteiger partial charge < -0.3 is 17.2 Å². The fourth-order valence-corrected chi connectivity index (χ4v) is 4.37. The molecule has 0 spiro atoms. The summed E-state index contributed by atoms with van der Waals surface area (Å²) in [7, 11) is 0. The van der Waals surface area contributed by atoms with Crippen LogP contribution in [0.3, 0.4) is 0 Å². The van der Waals surface area contributed by atoms with Crippen molar-refractivity contribution in [2.45, 2.75) is 52.6 Å². The van der Waals surface area contributed by atoms with Gasteiger partial charge in [0.15, 0.2) is 0 Å². The number of hydrogen-bond donors (Lipinski definition) is 3. The molecule has 3 atom stereocenters. The van der Waals surface area contributed by atoms with Gasteiger partial charge in [-0.05, 0) is 35.4 Å². The second-order valence-corrected chi connectivity index (χ2v) is 8.33. The minimum absolute atomic E-state index is 0.210. The van der Waals surface area contributed by atoms with Crippen molar-refractivity contribution in [3.63, 3.8) is 0 Å². The maximum absolute atomic E-state index is 12.9. The van der Waals surface area contributed by atoms with Crippen LogP contribution in [-0.4, -0.2) is 17.7 Å². The van der Waals surface area contributed by atoms with E-state index in [4.69, 9.17) is 17.2 Å². The largest absolute Gasteiger partial charge is 0.416 e. The molecule has 1 aromatic rings. The lowest BCUT2D eigenvalue weighted by Gasteiger charge is -2.47. The smallest absolute Gasteiger partial charge is 0.370 e. The highest BCUT2D eigenvalue weighted by molar-refractivity contribution is 5.94. The van der Waals surface area contributed by atoms with Gasteiger partial charge in [0, 0.05) is 6.42 Å². The predicted octanol–water partition coefficient (Wildman–Crippen LogP) is 2.69. The molecule has 162 valence electrons. The van der Waals surface area contributed by atoms with Gasteiger partial charge in [-0.1, -0.05) is 39.8 Å². The van der Waals surface area contributed by atoms with E-state index < -0.39 is 58.5 Å². The number of alkyl halides is 3. The molecule has 0 bridgehead atoms. The Morgan fingerprint density at radius 1 is 0.966 bits per heavy atom. The maximum atomic E-state index is 12.9. The Hall–Kier alpha value is -2.58. The molecule has 3 amide bonds. The van der Waals surface area contributed by atoms with Gasteiger partial charge in [0.25, 0.3) is 0 Å². The molecule has 0 radical (unpaired) electrons. The van der Waals surface area contributed by atoms with Gasteiger partial charge in [0.1, 0.15) is 0 Å². The van der Waals surface area contributed by atoms with E-state index in [9.17, 15) is 27.6 Å². The van der Waals surface area contributed by atoms with E-state index in [1.165, 1.54) is 12.1 Å². The van der Waals surface area contributed by atoms with Crippen molar-refractivity contribution in [2.75, 3.05) is 0 Å². The summed E-state index contributed by atoms with van der Waals surface area (Å²) in [6, 6.07) is 4.20. The zero-order valence-corrected chi connectivity index (χ0v) is 17.0. The molecule has 0 aromatic heterocycles. The summed E-state index contributed by atoms with van der Waals surface area (Å²) in [5.74, 6) is -4.71. The summed E-state index contributed by atoms with van der Waals surface area (Å²) >= 11 is 0. The summed E-state index contributed by atoms with van der Waals surface area (Å²) in [5, 5.41) is 0. The number of amides is 3. The second-order valence-electron chi connectivity index (χ2n) is 8.33. The van der Waals surface area contributed by atoms with Crippen LogP contribution in [0.15, 0.2) is 24.3 Å². The monoisotopic (exact) mass is 415 g/mol. The van der Waals surface area contributed by atoms with Crippen molar-refractivity contribution in [3.05, 3.63) is 35.4 Å². The molecule has 0 aliphatic heterocycles. The van der Waals surface area contributed by atoms with E-state index in [2.05, 4.69) is 0 Å². The Bertz CT molecular complexity index is 770. The first kappa shape index (κ1) is 24.5. The van der Waals surface area contributed by atoms with E-state index in [1.54, 1.807) is 27.7 Å². The van der Waals surface area contributed by atoms with Crippen molar-refractivity contribution >= 4 is 17.7 Å². The van der Waals surface area contributed by atoms with Crippen LogP contribution in [0.5, 0.6) is 0 Å².